The van der Waals surface area contributed by atoms with Crippen LogP contribution >= 0.6 is 11.6 Å². The first-order valence-corrected chi connectivity index (χ1v) is 12.6. The SMILES string of the molecule is COc1ccccc1/C=N\NC(=O)CN(c1cc(Cl)ccc1OC)S(=O)(=O)c1ccc(OC)c(OC)c1. The molecule has 0 aliphatic heterocycles. The molecule has 0 spiro atoms. The molecule has 0 saturated carbocycles. The molecule has 0 fully saturated rings. The number of rotatable bonds is 11. The molecule has 0 saturated heterocycles. The van der Waals surface area contributed by atoms with Crippen molar-refractivity contribution in [2.45, 2.75) is 4.90 Å². The smallest absolute Gasteiger partial charge is 0.265 e. The van der Waals surface area contributed by atoms with E-state index in [0.29, 0.717) is 17.1 Å². The molecule has 3 rings (SSSR count). The average molecular weight is 548 g/mol. The van der Waals surface area contributed by atoms with E-state index < -0.39 is 22.5 Å². The summed E-state index contributed by atoms with van der Waals surface area (Å²) in [5.74, 6) is 0.585. The number of carbonyl (C=O) groups is 1. The highest BCUT2D eigenvalue weighted by molar-refractivity contribution is 7.92. The van der Waals surface area contributed by atoms with Crippen LogP contribution in [-0.4, -0.2) is 55.5 Å². The Balaban J connectivity index is 1.98. The number of hydrogen-bond acceptors (Lipinski definition) is 8. The van der Waals surface area contributed by atoms with Crippen LogP contribution in [0.4, 0.5) is 5.69 Å². The molecule has 0 aliphatic carbocycles. The Morgan fingerprint density at radius 3 is 2.22 bits per heavy atom. The van der Waals surface area contributed by atoms with Gasteiger partial charge in [0.2, 0.25) is 0 Å². The Hall–Kier alpha value is -3.96. The predicted octanol–water partition coefficient (Wildman–Crippen LogP) is 3.72. The summed E-state index contributed by atoms with van der Waals surface area (Å²) in [6, 6.07) is 15.6. The van der Waals surface area contributed by atoms with E-state index in [1.54, 1.807) is 30.3 Å². The van der Waals surface area contributed by atoms with Gasteiger partial charge in [0.1, 0.15) is 18.0 Å². The van der Waals surface area contributed by atoms with Crippen LogP contribution in [0.5, 0.6) is 23.0 Å². The van der Waals surface area contributed by atoms with Crippen LogP contribution < -0.4 is 28.7 Å². The molecule has 10 nitrogen and oxygen atoms in total. The zero-order chi connectivity index (χ0) is 27.0. The van der Waals surface area contributed by atoms with E-state index in [1.807, 2.05) is 0 Å². The molecule has 1 amide bonds. The van der Waals surface area contributed by atoms with E-state index in [4.69, 9.17) is 30.5 Å². The van der Waals surface area contributed by atoms with E-state index in [2.05, 4.69) is 10.5 Å². The number of nitrogens with zero attached hydrogens (tertiary/aromatic N) is 2. The molecule has 0 aromatic heterocycles. The summed E-state index contributed by atoms with van der Waals surface area (Å²) in [6.07, 6.45) is 1.39. The zero-order valence-corrected chi connectivity index (χ0v) is 22.2. The number of benzene rings is 3. The highest BCUT2D eigenvalue weighted by Gasteiger charge is 2.30. The zero-order valence-electron chi connectivity index (χ0n) is 20.6. The number of nitrogens with one attached hydrogen (secondary N) is 1. The second kappa shape index (κ2) is 12.3. The standard InChI is InChI=1S/C25H26ClN3O7S/c1-33-21-8-6-5-7-17(21)15-27-28-25(30)16-29(20-13-18(26)9-11-22(20)34-2)37(31,32)19-10-12-23(35-3)24(14-19)36-4/h5-15H,16H2,1-4H3,(H,28,30)/b27-15-. The van der Waals surface area contributed by atoms with Crippen LogP contribution in [0.25, 0.3) is 0 Å². The van der Waals surface area contributed by atoms with Crippen LogP contribution in [0.3, 0.4) is 0 Å². The first kappa shape index (κ1) is 27.6. The van der Waals surface area contributed by atoms with Gasteiger partial charge in [0.05, 0.1) is 45.2 Å². The van der Waals surface area contributed by atoms with Gasteiger partial charge >= 0.3 is 0 Å². The quantitative estimate of drug-likeness (QED) is 0.287. The second-order valence-electron chi connectivity index (χ2n) is 7.38. The molecule has 0 bridgehead atoms. The number of sulfonamides is 1. The lowest BCUT2D eigenvalue weighted by molar-refractivity contribution is -0.119. The van der Waals surface area contributed by atoms with Crippen LogP contribution in [0, 0.1) is 0 Å². The van der Waals surface area contributed by atoms with E-state index >= 15 is 0 Å². The molecular weight excluding hydrogens is 522 g/mol. The van der Waals surface area contributed by atoms with E-state index in [1.165, 1.54) is 65.0 Å². The monoisotopic (exact) mass is 547 g/mol. The Kier molecular flexibility index (Phi) is 9.20. The fourth-order valence-corrected chi connectivity index (χ4v) is 4.98. The molecule has 3 aromatic carbocycles. The van der Waals surface area contributed by atoms with Gasteiger partial charge in [-0.2, -0.15) is 5.10 Å². The number of amides is 1. The number of carbonyl (C=O) groups excluding carboxylic acids is 1. The lowest BCUT2D eigenvalue weighted by Gasteiger charge is -2.25. The normalized spacial score (nSPS) is 11.2. The van der Waals surface area contributed by atoms with Crippen molar-refractivity contribution in [3.63, 3.8) is 0 Å². The van der Waals surface area contributed by atoms with Gasteiger partial charge in [-0.15, -0.1) is 0 Å². The molecule has 12 heteroatoms. The molecule has 0 radical (unpaired) electrons. The summed E-state index contributed by atoms with van der Waals surface area (Å²) >= 11 is 6.17. The number of halogens is 1. The van der Waals surface area contributed by atoms with Crippen molar-refractivity contribution < 1.29 is 32.2 Å². The van der Waals surface area contributed by atoms with E-state index in [-0.39, 0.29) is 27.1 Å². The number of methoxy groups -OCH3 is 4. The first-order valence-electron chi connectivity index (χ1n) is 10.8. The van der Waals surface area contributed by atoms with E-state index in [9.17, 15) is 13.2 Å². The number of anilines is 1. The average Bonchev–Trinajstić information content (AvgIpc) is 2.91. The number of ether oxygens (including phenoxy) is 4. The minimum absolute atomic E-state index is 0.0636. The number of hydrogen-bond donors (Lipinski definition) is 1. The van der Waals surface area contributed by atoms with E-state index in [0.717, 1.165) is 4.31 Å². The second-order valence-corrected chi connectivity index (χ2v) is 9.68. The lowest BCUT2D eigenvalue weighted by atomic mass is 10.2. The maximum absolute atomic E-state index is 13.8. The maximum Gasteiger partial charge on any atom is 0.265 e. The van der Waals surface area contributed by atoms with Gasteiger partial charge in [-0.3, -0.25) is 9.10 Å². The van der Waals surface area contributed by atoms with Crippen molar-refractivity contribution in [2.24, 2.45) is 5.10 Å². The highest BCUT2D eigenvalue weighted by atomic mass is 35.5. The van der Waals surface area contributed by atoms with Crippen LogP contribution in [-0.2, 0) is 14.8 Å². The van der Waals surface area contributed by atoms with Crippen molar-refractivity contribution in [3.05, 3.63) is 71.2 Å². The Morgan fingerprint density at radius 2 is 1.54 bits per heavy atom. The fourth-order valence-electron chi connectivity index (χ4n) is 3.37. The Morgan fingerprint density at radius 1 is 0.892 bits per heavy atom. The fraction of sp³-hybridized carbons (Fsp3) is 0.200. The van der Waals surface area contributed by atoms with Gasteiger partial charge in [-0.05, 0) is 42.5 Å². The summed E-state index contributed by atoms with van der Waals surface area (Å²) in [4.78, 5) is 12.7. The van der Waals surface area contributed by atoms with Gasteiger partial charge in [-0.25, -0.2) is 13.8 Å². The predicted molar refractivity (Wildman–Crippen MR) is 141 cm³/mol. The van der Waals surface area contributed by atoms with Crippen molar-refractivity contribution in [3.8, 4) is 23.0 Å². The van der Waals surface area contributed by atoms with Gasteiger partial charge in [0.25, 0.3) is 15.9 Å². The van der Waals surface area contributed by atoms with Crippen molar-refractivity contribution in [2.75, 3.05) is 39.3 Å². The Labute approximate surface area is 220 Å². The molecule has 1 N–H and O–H groups in total. The third-order valence-electron chi connectivity index (χ3n) is 5.17. The highest BCUT2D eigenvalue weighted by Crippen LogP contribution is 2.36. The van der Waals surface area contributed by atoms with Gasteiger partial charge in [0.15, 0.2) is 11.5 Å². The van der Waals surface area contributed by atoms with Gasteiger partial charge in [0, 0.05) is 16.7 Å². The summed E-state index contributed by atoms with van der Waals surface area (Å²) < 4.78 is 49.5. The van der Waals surface area contributed by atoms with Crippen molar-refractivity contribution in [1.29, 1.82) is 0 Å². The molecule has 196 valence electrons. The minimum Gasteiger partial charge on any atom is -0.496 e. The topological polar surface area (TPSA) is 116 Å². The van der Waals surface area contributed by atoms with Gasteiger partial charge < -0.3 is 18.9 Å². The third-order valence-corrected chi connectivity index (χ3v) is 7.16. The van der Waals surface area contributed by atoms with Crippen molar-refractivity contribution in [1.82, 2.24) is 5.43 Å². The summed E-state index contributed by atoms with van der Waals surface area (Å²) in [7, 11) is 1.40. The molecule has 0 atom stereocenters. The third kappa shape index (κ3) is 6.43. The largest absolute Gasteiger partial charge is 0.496 e. The van der Waals surface area contributed by atoms with Crippen LogP contribution in [0.1, 0.15) is 5.56 Å². The summed E-state index contributed by atoms with van der Waals surface area (Å²) in [6.45, 7) is -0.628. The molecule has 3 aromatic rings. The number of para-hydroxylation sites is 1. The molecular formula is C25H26ClN3O7S. The first-order chi connectivity index (χ1) is 17.7. The summed E-state index contributed by atoms with van der Waals surface area (Å²) in [5.41, 5.74) is 3.03. The molecule has 37 heavy (non-hydrogen) atoms. The lowest BCUT2D eigenvalue weighted by Crippen LogP contribution is -2.39. The van der Waals surface area contributed by atoms with Crippen LogP contribution in [0.2, 0.25) is 5.02 Å². The molecule has 0 unspecified atom stereocenters. The number of hydrazone groups is 1. The molecule has 0 aliphatic rings. The Bertz CT molecular complexity index is 1400. The maximum atomic E-state index is 13.8. The van der Waals surface area contributed by atoms with Crippen molar-refractivity contribution >= 4 is 39.4 Å². The van der Waals surface area contributed by atoms with Crippen LogP contribution in [0.15, 0.2) is 70.7 Å². The summed E-state index contributed by atoms with van der Waals surface area (Å²) in [5, 5.41) is 4.19. The van der Waals surface area contributed by atoms with Gasteiger partial charge in [-0.1, -0.05) is 23.7 Å². The molecule has 0 heterocycles. The minimum atomic E-state index is -4.32.